The number of hydrogen-bond acceptors (Lipinski definition) is 2. The second kappa shape index (κ2) is 6.85. The van der Waals surface area contributed by atoms with E-state index in [2.05, 4.69) is 10.1 Å². The Balaban J connectivity index is 2.06. The van der Waals surface area contributed by atoms with Crippen LogP contribution in [0.3, 0.4) is 0 Å². The summed E-state index contributed by atoms with van der Waals surface area (Å²) in [5.41, 5.74) is 1.88. The third-order valence-corrected chi connectivity index (χ3v) is 4.33. The number of nitrogens with zero attached hydrogens (tertiary/aromatic N) is 2. The van der Waals surface area contributed by atoms with Gasteiger partial charge in [0, 0.05) is 16.9 Å². The lowest BCUT2D eigenvalue weighted by Crippen LogP contribution is -2.17. The van der Waals surface area contributed by atoms with E-state index in [-0.39, 0.29) is 5.56 Å². The van der Waals surface area contributed by atoms with Crippen molar-refractivity contribution in [2.45, 2.75) is 6.92 Å². The van der Waals surface area contributed by atoms with Crippen molar-refractivity contribution in [2.24, 2.45) is 4.99 Å². The molecule has 0 fully saturated rings. The number of aliphatic imine (C=N–C) groups is 1. The largest absolute Gasteiger partial charge is 0.295 e. The molecule has 24 heavy (non-hydrogen) atoms. The van der Waals surface area contributed by atoms with E-state index in [1.807, 2.05) is 12.1 Å². The Morgan fingerprint density at radius 3 is 2.58 bits per heavy atom. The highest BCUT2D eigenvalue weighted by Gasteiger charge is 2.13. The van der Waals surface area contributed by atoms with E-state index in [4.69, 9.17) is 34.8 Å². The summed E-state index contributed by atoms with van der Waals surface area (Å²) in [6.45, 7) is 1.78. The highest BCUT2D eigenvalue weighted by molar-refractivity contribution is 6.34. The molecular formula is C17H12Cl3N3O. The first-order chi connectivity index (χ1) is 11.5. The van der Waals surface area contributed by atoms with Crippen molar-refractivity contribution >= 4 is 46.7 Å². The predicted octanol–water partition coefficient (Wildman–Crippen LogP) is 5.18. The zero-order valence-corrected chi connectivity index (χ0v) is 14.8. The number of aromatic nitrogens is 2. The average molecular weight is 381 g/mol. The number of aromatic amines is 1. The molecule has 0 unspecified atom stereocenters. The highest BCUT2D eigenvalue weighted by atomic mass is 35.5. The first-order valence-electron chi connectivity index (χ1n) is 7.03. The van der Waals surface area contributed by atoms with Crippen LogP contribution in [0.4, 0.5) is 5.69 Å². The Bertz CT molecular complexity index is 989. The van der Waals surface area contributed by atoms with Crippen LogP contribution in [0.1, 0.15) is 11.3 Å². The van der Waals surface area contributed by atoms with E-state index < -0.39 is 0 Å². The topological polar surface area (TPSA) is 50.1 Å². The van der Waals surface area contributed by atoms with Crippen molar-refractivity contribution in [1.82, 2.24) is 9.78 Å². The molecule has 3 aromatic rings. The molecule has 2 aromatic carbocycles. The molecule has 0 radical (unpaired) electrons. The van der Waals surface area contributed by atoms with Crippen molar-refractivity contribution < 1.29 is 0 Å². The quantitative estimate of drug-likeness (QED) is 0.625. The zero-order chi connectivity index (χ0) is 17.3. The molecular weight excluding hydrogens is 369 g/mol. The van der Waals surface area contributed by atoms with Gasteiger partial charge in [-0.1, -0.05) is 46.9 Å². The molecule has 1 N–H and O–H groups in total. The van der Waals surface area contributed by atoms with Crippen LogP contribution in [-0.2, 0) is 0 Å². The van der Waals surface area contributed by atoms with Crippen LogP contribution in [0, 0.1) is 6.92 Å². The number of H-pyrrole nitrogens is 1. The highest BCUT2D eigenvalue weighted by Crippen LogP contribution is 2.24. The minimum absolute atomic E-state index is 0.271. The number of hydrogen-bond donors (Lipinski definition) is 1. The Morgan fingerprint density at radius 1 is 1.08 bits per heavy atom. The van der Waals surface area contributed by atoms with Crippen LogP contribution in [0.5, 0.6) is 0 Å². The fourth-order valence-electron chi connectivity index (χ4n) is 2.23. The van der Waals surface area contributed by atoms with Gasteiger partial charge in [0.15, 0.2) is 0 Å². The van der Waals surface area contributed by atoms with E-state index in [0.717, 1.165) is 0 Å². The van der Waals surface area contributed by atoms with Crippen molar-refractivity contribution in [3.63, 3.8) is 0 Å². The zero-order valence-electron chi connectivity index (χ0n) is 12.6. The van der Waals surface area contributed by atoms with Crippen LogP contribution in [0.2, 0.25) is 15.1 Å². The van der Waals surface area contributed by atoms with Gasteiger partial charge in [-0.25, -0.2) is 4.68 Å². The molecule has 0 amide bonds. The second-order valence-corrected chi connectivity index (χ2v) is 6.35. The summed E-state index contributed by atoms with van der Waals surface area (Å²) >= 11 is 18.2. The Labute approximate surface area is 153 Å². The smallest absolute Gasteiger partial charge is 0.280 e. The van der Waals surface area contributed by atoms with Crippen molar-refractivity contribution in [1.29, 1.82) is 0 Å². The van der Waals surface area contributed by atoms with Gasteiger partial charge in [-0.05, 0) is 37.3 Å². The van der Waals surface area contributed by atoms with Crippen LogP contribution in [-0.4, -0.2) is 16.0 Å². The molecule has 0 bridgehead atoms. The van der Waals surface area contributed by atoms with Gasteiger partial charge in [0.1, 0.15) is 0 Å². The summed E-state index contributed by atoms with van der Waals surface area (Å²) in [6.07, 6.45) is 1.49. The van der Waals surface area contributed by atoms with Gasteiger partial charge >= 0.3 is 0 Å². The summed E-state index contributed by atoms with van der Waals surface area (Å²) in [5, 5.41) is 4.40. The van der Waals surface area contributed by atoms with Gasteiger partial charge in [-0.3, -0.25) is 14.9 Å². The van der Waals surface area contributed by atoms with Gasteiger partial charge < -0.3 is 0 Å². The van der Waals surface area contributed by atoms with Crippen molar-refractivity contribution in [2.75, 3.05) is 0 Å². The number of para-hydroxylation sites is 1. The first-order valence-corrected chi connectivity index (χ1v) is 8.16. The summed E-state index contributed by atoms with van der Waals surface area (Å²) in [5.74, 6) is 0. The molecule has 1 heterocycles. The number of aryl methyl sites for hydroxylation is 1. The van der Waals surface area contributed by atoms with Gasteiger partial charge in [0.05, 0.1) is 27.0 Å². The molecule has 0 spiro atoms. The van der Waals surface area contributed by atoms with E-state index in [0.29, 0.717) is 37.7 Å². The maximum absolute atomic E-state index is 12.7. The molecule has 0 aliphatic heterocycles. The SMILES string of the molecule is Cc1[nH]n(-c2cc(Cl)ccc2Cl)c(=O)c1C=Nc1ccccc1Cl. The number of benzene rings is 2. The van der Waals surface area contributed by atoms with Crippen molar-refractivity contribution in [3.8, 4) is 5.69 Å². The van der Waals surface area contributed by atoms with E-state index in [1.54, 1.807) is 37.3 Å². The summed E-state index contributed by atoms with van der Waals surface area (Å²) in [6, 6.07) is 12.1. The van der Waals surface area contributed by atoms with Crippen LogP contribution in [0.25, 0.3) is 5.69 Å². The lowest BCUT2D eigenvalue weighted by Gasteiger charge is -2.04. The molecule has 4 nitrogen and oxygen atoms in total. The normalized spacial score (nSPS) is 11.3. The minimum Gasteiger partial charge on any atom is -0.295 e. The Hall–Kier alpha value is -2.01. The van der Waals surface area contributed by atoms with Crippen LogP contribution >= 0.6 is 34.8 Å². The van der Waals surface area contributed by atoms with E-state index in [1.165, 1.54) is 10.9 Å². The van der Waals surface area contributed by atoms with E-state index >= 15 is 0 Å². The second-order valence-electron chi connectivity index (χ2n) is 5.10. The standard InChI is InChI=1S/C17H12Cl3N3O/c1-10-12(9-21-15-5-3-2-4-13(15)19)17(24)23(22-10)16-8-11(18)6-7-14(16)20/h2-9,22H,1H3. The van der Waals surface area contributed by atoms with Crippen LogP contribution < -0.4 is 5.56 Å². The number of halogens is 3. The number of nitrogens with one attached hydrogen (secondary N) is 1. The third kappa shape index (κ3) is 3.26. The van der Waals surface area contributed by atoms with Gasteiger partial charge in [-0.15, -0.1) is 0 Å². The van der Waals surface area contributed by atoms with Crippen LogP contribution in [0.15, 0.2) is 52.3 Å². The molecule has 0 aliphatic carbocycles. The first kappa shape index (κ1) is 16.8. The number of rotatable bonds is 3. The van der Waals surface area contributed by atoms with E-state index in [9.17, 15) is 4.79 Å². The monoisotopic (exact) mass is 379 g/mol. The van der Waals surface area contributed by atoms with Gasteiger partial charge in [0.2, 0.25) is 0 Å². The summed E-state index contributed by atoms with van der Waals surface area (Å²) in [7, 11) is 0. The molecule has 0 saturated carbocycles. The van der Waals surface area contributed by atoms with Gasteiger partial charge in [-0.2, -0.15) is 0 Å². The maximum Gasteiger partial charge on any atom is 0.280 e. The average Bonchev–Trinajstić information content (AvgIpc) is 2.84. The molecule has 1 aromatic heterocycles. The third-order valence-electron chi connectivity index (χ3n) is 3.45. The molecule has 7 heteroatoms. The Morgan fingerprint density at radius 2 is 1.83 bits per heavy atom. The van der Waals surface area contributed by atoms with Gasteiger partial charge in [0.25, 0.3) is 5.56 Å². The lowest BCUT2D eigenvalue weighted by molar-refractivity contribution is 0.835. The fraction of sp³-hybridized carbons (Fsp3) is 0.0588. The predicted molar refractivity (Wildman–Crippen MR) is 99.9 cm³/mol. The molecule has 0 saturated heterocycles. The molecule has 3 rings (SSSR count). The fourth-order valence-corrected chi connectivity index (χ4v) is 2.78. The minimum atomic E-state index is -0.271. The molecule has 0 atom stereocenters. The molecule has 0 aliphatic rings. The Kier molecular flexibility index (Phi) is 4.81. The molecule has 122 valence electrons. The summed E-state index contributed by atoms with van der Waals surface area (Å²) in [4.78, 5) is 17.0. The summed E-state index contributed by atoms with van der Waals surface area (Å²) < 4.78 is 1.34. The van der Waals surface area contributed by atoms with Crippen molar-refractivity contribution in [3.05, 3.63) is 79.1 Å². The maximum atomic E-state index is 12.7. The lowest BCUT2D eigenvalue weighted by atomic mass is 10.2.